The van der Waals surface area contributed by atoms with Crippen molar-refractivity contribution in [2.45, 2.75) is 126 Å². The van der Waals surface area contributed by atoms with Gasteiger partial charge in [0.2, 0.25) is 35.4 Å². The number of rotatable bonds is 15. The zero-order valence-electron chi connectivity index (χ0n) is 39.9. The van der Waals surface area contributed by atoms with Gasteiger partial charge >= 0.3 is 5.97 Å². The summed E-state index contributed by atoms with van der Waals surface area (Å²) in [6.07, 6.45) is 2.08. The predicted octanol–water partition coefficient (Wildman–Crippen LogP) is -0.989. The molecule has 3 fully saturated rings. The second kappa shape index (κ2) is 24.4. The molecule has 21 nitrogen and oxygen atoms in total. The van der Waals surface area contributed by atoms with Gasteiger partial charge in [-0.15, -0.1) is 0 Å². The number of guanidine groups is 1. The largest absolute Gasteiger partial charge is 0.480 e. The van der Waals surface area contributed by atoms with Crippen molar-refractivity contribution in [3.05, 3.63) is 71.9 Å². The summed E-state index contributed by atoms with van der Waals surface area (Å²) in [5, 5.41) is 58.4. The van der Waals surface area contributed by atoms with Crippen molar-refractivity contribution in [3.8, 4) is 0 Å². The van der Waals surface area contributed by atoms with Gasteiger partial charge in [0.05, 0.1) is 27.5 Å². The molecule has 3 heterocycles. The van der Waals surface area contributed by atoms with E-state index in [-0.39, 0.29) is 95.0 Å². The molecule has 0 radical (unpaired) electrons. The van der Waals surface area contributed by atoms with Crippen LogP contribution in [0.2, 0.25) is 0 Å². The highest BCUT2D eigenvalue weighted by atomic mass is 16.4. The van der Waals surface area contributed by atoms with Crippen LogP contribution in [0.1, 0.15) is 78.1 Å². The standard InChI is InChI=1S/C47H65N11O10/c48-47(49)51-19-6-12-34-41(63)50-18-7-13-35(55-42(64)36(53-25-40(61)62)20-27-8-2-1-3-9-27)46(68)58-26-31(60)23-39(58)45(67)57-37(21-28-14-16-30(59)17-15-28)43(65)56-38(44(66)54-34)22-29-24-52-33-11-5-4-10-32(29)33/h1-5,8-11,24,28,30-31,34-39,52-53,59-60H,6-7,12-23,25-26H2,(H,50,63)(H,54,66)(H,55,64)(H,56,65)(H,57,67)(H,61,62)(H4,48,49,51)/t28-,30+,31-,34+,35+,36?,37-,38+,39+/m1/s1/i2D,3D. The van der Waals surface area contributed by atoms with Crippen molar-refractivity contribution in [2.75, 3.05) is 26.2 Å². The van der Waals surface area contributed by atoms with Gasteiger partial charge in [0.15, 0.2) is 5.96 Å². The lowest BCUT2D eigenvalue weighted by molar-refractivity contribution is -0.143. The number of aromatic amines is 1. The summed E-state index contributed by atoms with van der Waals surface area (Å²) in [4.78, 5) is 102. The van der Waals surface area contributed by atoms with Gasteiger partial charge in [-0.25, -0.2) is 0 Å². The number of carboxylic acid groups (broad SMARTS) is 1. The number of nitrogens with two attached hydrogens (primary N) is 1. The lowest BCUT2D eigenvalue weighted by Crippen LogP contribution is -2.60. The van der Waals surface area contributed by atoms with Gasteiger partial charge in [-0.3, -0.25) is 44.3 Å². The number of carboxylic acids is 1. The topological polar surface area (TPSA) is 333 Å². The fourth-order valence-corrected chi connectivity index (χ4v) is 9.17. The van der Waals surface area contributed by atoms with Crippen molar-refractivity contribution >= 4 is 58.3 Å². The summed E-state index contributed by atoms with van der Waals surface area (Å²) in [7, 11) is 0. The molecule has 7 atom stereocenters. The quantitative estimate of drug-likeness (QED) is 0.0496. The van der Waals surface area contributed by atoms with Crippen molar-refractivity contribution in [3.63, 3.8) is 0 Å². The molecule has 0 spiro atoms. The minimum atomic E-state index is -1.39. The molecule has 1 unspecified atom stereocenters. The maximum Gasteiger partial charge on any atom is 0.317 e. The third-order valence-corrected chi connectivity index (χ3v) is 12.8. The minimum absolute atomic E-state index is 0.00469. The van der Waals surface area contributed by atoms with E-state index in [1.807, 2.05) is 24.3 Å². The fraction of sp³-hybridized carbons (Fsp3) is 0.532. The summed E-state index contributed by atoms with van der Waals surface area (Å²) in [6.45, 7) is -0.837. The highest BCUT2D eigenvalue weighted by Crippen LogP contribution is 2.29. The zero-order chi connectivity index (χ0) is 50.5. The Bertz CT molecular complexity index is 2360. The van der Waals surface area contributed by atoms with E-state index in [9.17, 15) is 48.9 Å². The second-order valence-corrected chi connectivity index (χ2v) is 17.9. The van der Waals surface area contributed by atoms with Crippen LogP contribution in [0.5, 0.6) is 0 Å². The first-order chi connectivity index (χ1) is 33.4. The van der Waals surface area contributed by atoms with Gasteiger partial charge in [0.25, 0.3) is 0 Å². The molecule has 0 bridgehead atoms. The number of aromatic nitrogens is 1. The van der Waals surface area contributed by atoms with E-state index < -0.39 is 96.4 Å². The number of carbonyl (C=O) groups is 7. The van der Waals surface area contributed by atoms with E-state index in [0.29, 0.717) is 36.8 Å². The lowest BCUT2D eigenvalue weighted by atomic mass is 9.83. The number of aliphatic hydroxyl groups is 2. The monoisotopic (exact) mass is 946 g/mol. The number of fused-ring (bicyclic) bond motifs is 2. The first kappa shape index (κ1) is 47.9. The average molecular weight is 946 g/mol. The molecular formula is C47H65N11O10. The van der Waals surface area contributed by atoms with Crippen LogP contribution in [0.3, 0.4) is 0 Å². The molecule has 68 heavy (non-hydrogen) atoms. The Morgan fingerprint density at radius 2 is 1.59 bits per heavy atom. The van der Waals surface area contributed by atoms with Crippen molar-refractivity contribution in [1.29, 1.82) is 5.41 Å². The number of aliphatic hydroxyl groups excluding tert-OH is 2. The zero-order valence-corrected chi connectivity index (χ0v) is 37.9. The molecule has 2 saturated heterocycles. The number of para-hydroxylation sites is 1. The van der Waals surface area contributed by atoms with E-state index in [0.717, 1.165) is 15.8 Å². The number of hydrogen-bond acceptors (Lipinski definition) is 11. The Labute approximate surface area is 396 Å². The van der Waals surface area contributed by atoms with Crippen LogP contribution in [-0.4, -0.2) is 147 Å². The molecule has 1 aliphatic carbocycles. The minimum Gasteiger partial charge on any atom is -0.480 e. The van der Waals surface area contributed by atoms with Crippen LogP contribution < -0.4 is 43.0 Å². The van der Waals surface area contributed by atoms with Gasteiger partial charge in [0.1, 0.15) is 30.2 Å². The van der Waals surface area contributed by atoms with Crippen LogP contribution in [0, 0.1) is 11.3 Å². The molecule has 3 aliphatic rings. The smallest absolute Gasteiger partial charge is 0.317 e. The van der Waals surface area contributed by atoms with Gasteiger partial charge < -0.3 is 62.8 Å². The molecule has 6 rings (SSSR count). The average Bonchev–Trinajstić information content (AvgIpc) is 3.91. The summed E-state index contributed by atoms with van der Waals surface area (Å²) >= 11 is 0. The molecular weight excluding hydrogens is 879 g/mol. The van der Waals surface area contributed by atoms with E-state index in [1.165, 1.54) is 18.2 Å². The number of benzene rings is 2. The molecule has 21 heteroatoms. The number of nitrogens with one attached hydrogen (secondary N) is 9. The fourth-order valence-electron chi connectivity index (χ4n) is 9.17. The Morgan fingerprint density at radius 3 is 2.32 bits per heavy atom. The summed E-state index contributed by atoms with van der Waals surface area (Å²) in [5.41, 5.74) is 7.34. The lowest BCUT2D eigenvalue weighted by Gasteiger charge is -2.33. The van der Waals surface area contributed by atoms with E-state index in [4.69, 9.17) is 13.9 Å². The van der Waals surface area contributed by atoms with Gasteiger partial charge in [-0.1, -0.05) is 48.5 Å². The molecule has 368 valence electrons. The highest BCUT2D eigenvalue weighted by Gasteiger charge is 2.43. The number of amides is 6. The first-order valence-corrected chi connectivity index (χ1v) is 23.2. The molecule has 2 aromatic carbocycles. The number of H-pyrrole nitrogens is 1. The van der Waals surface area contributed by atoms with Crippen LogP contribution in [0.25, 0.3) is 10.9 Å². The van der Waals surface area contributed by atoms with Gasteiger partial charge in [-0.2, -0.15) is 0 Å². The van der Waals surface area contributed by atoms with Crippen molar-refractivity contribution in [2.24, 2.45) is 11.7 Å². The number of hydrogen-bond donors (Lipinski definition) is 13. The molecule has 14 N–H and O–H groups in total. The molecule has 6 amide bonds. The molecule has 1 saturated carbocycles. The third kappa shape index (κ3) is 14.5. The van der Waals surface area contributed by atoms with Gasteiger partial charge in [0, 0.05) is 49.6 Å². The highest BCUT2D eigenvalue weighted by molar-refractivity contribution is 5.97. The van der Waals surface area contributed by atoms with Crippen LogP contribution in [0.15, 0.2) is 60.7 Å². The van der Waals surface area contributed by atoms with Crippen LogP contribution in [0.4, 0.5) is 0 Å². The van der Waals surface area contributed by atoms with Crippen molar-refractivity contribution in [1.82, 2.24) is 47.1 Å². The normalized spacial score (nSPS) is 26.4. The van der Waals surface area contributed by atoms with E-state index in [2.05, 4.69) is 42.2 Å². The SMILES string of the molecule is [2H]c1cc([2H])cc(CC(NCC(=O)O)C(=O)N[C@H]2CCCNC(=O)[C@H](CCCNC(=N)N)NC(=O)[C@H](Cc3c[nH]c4ccccc34)NC(=O)[C@@H](C[C@H]3CC[C@@H](O)CC3)NC(=O)[C@@H]3C[C@@H](O)CN3C2=O)c1. The summed E-state index contributed by atoms with van der Waals surface area (Å²) < 4.78 is 16.1. The van der Waals surface area contributed by atoms with E-state index >= 15 is 0 Å². The number of aliphatic carboxylic acids is 1. The van der Waals surface area contributed by atoms with E-state index in [1.54, 1.807) is 6.20 Å². The second-order valence-electron chi connectivity index (χ2n) is 17.9. The van der Waals surface area contributed by atoms with Crippen LogP contribution >= 0.6 is 0 Å². The maximum absolute atomic E-state index is 14.7. The predicted molar refractivity (Wildman–Crippen MR) is 249 cm³/mol. The summed E-state index contributed by atoms with van der Waals surface area (Å²) in [5.74, 6) is -6.04. The third-order valence-electron chi connectivity index (χ3n) is 12.8. The van der Waals surface area contributed by atoms with Crippen molar-refractivity contribution < 1.29 is 51.6 Å². The maximum atomic E-state index is 14.7. The Kier molecular flexibility index (Phi) is 17.2. The Balaban J connectivity index is 1.33. The van der Waals surface area contributed by atoms with Crippen LogP contribution in [-0.2, 0) is 46.4 Å². The number of carbonyl (C=O) groups excluding carboxylic acids is 6. The first-order valence-electron chi connectivity index (χ1n) is 24.2. The molecule has 2 aliphatic heterocycles. The molecule has 1 aromatic heterocycles. The summed E-state index contributed by atoms with van der Waals surface area (Å²) in [6, 6.07) is 3.86. The van der Waals surface area contributed by atoms with Gasteiger partial charge in [-0.05, 0) is 87.3 Å². The number of nitrogens with zero attached hydrogens (tertiary/aromatic N) is 1. The Hall–Kier alpha value is -6.58. The Morgan fingerprint density at radius 1 is 0.882 bits per heavy atom. The molecule has 3 aromatic rings.